The van der Waals surface area contributed by atoms with E-state index in [1.807, 2.05) is 6.07 Å². The highest BCUT2D eigenvalue weighted by atomic mass is 32.2. The van der Waals surface area contributed by atoms with E-state index in [2.05, 4.69) is 33.9 Å². The molecule has 0 unspecified atom stereocenters. The van der Waals surface area contributed by atoms with Crippen LogP contribution < -0.4 is 14.8 Å². The Hall–Kier alpha value is -3.46. The number of anilines is 2. The zero-order valence-corrected chi connectivity index (χ0v) is 19.9. The number of amides is 1. The van der Waals surface area contributed by atoms with E-state index < -0.39 is 10.0 Å². The molecule has 0 radical (unpaired) electrons. The molecule has 2 N–H and O–H groups in total. The Morgan fingerprint density at radius 3 is 2.30 bits per heavy atom. The number of rotatable bonds is 9. The van der Waals surface area contributed by atoms with Crippen molar-refractivity contribution in [3.63, 3.8) is 0 Å². The van der Waals surface area contributed by atoms with Gasteiger partial charge in [-0.1, -0.05) is 19.9 Å². The average Bonchev–Trinajstić information content (AvgIpc) is 2.73. The molecule has 0 aliphatic heterocycles. The Bertz CT molecular complexity index is 1210. The number of benzene rings is 2. The van der Waals surface area contributed by atoms with Crippen molar-refractivity contribution in [3.05, 3.63) is 71.5 Å². The summed E-state index contributed by atoms with van der Waals surface area (Å²) in [7, 11) is -3.87. The maximum atomic E-state index is 12.7. The molecule has 0 saturated carbocycles. The normalized spacial score (nSPS) is 11.3. The van der Waals surface area contributed by atoms with Gasteiger partial charge in [0.05, 0.1) is 11.5 Å². The minimum atomic E-state index is -3.87. The zero-order chi connectivity index (χ0) is 24.0. The van der Waals surface area contributed by atoms with Crippen molar-refractivity contribution in [2.75, 3.05) is 16.6 Å². The average molecular weight is 469 g/mol. The van der Waals surface area contributed by atoms with Gasteiger partial charge in [0.2, 0.25) is 5.95 Å². The number of aryl methyl sites for hydroxylation is 2. The van der Waals surface area contributed by atoms with Crippen molar-refractivity contribution in [2.45, 2.75) is 39.0 Å². The van der Waals surface area contributed by atoms with Crippen LogP contribution in [0.4, 0.5) is 11.6 Å². The summed E-state index contributed by atoms with van der Waals surface area (Å²) < 4.78 is 33.4. The molecule has 0 saturated heterocycles. The van der Waals surface area contributed by atoms with Crippen LogP contribution in [0.1, 0.15) is 42.0 Å². The summed E-state index contributed by atoms with van der Waals surface area (Å²) >= 11 is 0. The summed E-state index contributed by atoms with van der Waals surface area (Å²) in [6, 6.07) is 14.6. The molecule has 1 amide bonds. The Morgan fingerprint density at radius 2 is 1.67 bits per heavy atom. The van der Waals surface area contributed by atoms with Crippen LogP contribution in [0.15, 0.2) is 59.5 Å². The standard InChI is InChI=1S/C24H28N4O4S/c1-16(2)12-13-32-21-7-5-6-19(15-21)23(29)27-20-8-10-22(11-9-20)33(30,31)28-24-25-17(3)14-18(4)26-24/h5-11,14-16H,12-13H2,1-4H3,(H,27,29)(H,25,26,28). The van der Waals surface area contributed by atoms with Gasteiger partial charge in [0, 0.05) is 22.6 Å². The molecule has 2 aromatic carbocycles. The fourth-order valence-corrected chi connectivity index (χ4v) is 3.95. The van der Waals surface area contributed by atoms with E-state index in [-0.39, 0.29) is 16.8 Å². The van der Waals surface area contributed by atoms with E-state index in [1.165, 1.54) is 24.3 Å². The second kappa shape index (κ2) is 10.4. The fourth-order valence-electron chi connectivity index (χ4n) is 3.01. The number of sulfonamides is 1. The van der Waals surface area contributed by atoms with E-state index in [9.17, 15) is 13.2 Å². The third-order valence-electron chi connectivity index (χ3n) is 4.69. The minimum Gasteiger partial charge on any atom is -0.494 e. The molecule has 1 heterocycles. The Labute approximate surface area is 194 Å². The highest BCUT2D eigenvalue weighted by molar-refractivity contribution is 7.92. The summed E-state index contributed by atoms with van der Waals surface area (Å²) in [5, 5.41) is 2.77. The molecule has 0 aliphatic carbocycles. The lowest BCUT2D eigenvalue weighted by Crippen LogP contribution is -2.16. The van der Waals surface area contributed by atoms with Crippen LogP contribution in [-0.2, 0) is 10.0 Å². The van der Waals surface area contributed by atoms with Gasteiger partial charge in [0.15, 0.2) is 0 Å². The number of ether oxygens (including phenoxy) is 1. The summed E-state index contributed by atoms with van der Waals surface area (Å²) in [5.74, 6) is 0.860. The molecule has 0 fully saturated rings. The number of carbonyl (C=O) groups is 1. The Morgan fingerprint density at radius 1 is 1.00 bits per heavy atom. The number of hydrogen-bond donors (Lipinski definition) is 2. The molecule has 0 bridgehead atoms. The van der Waals surface area contributed by atoms with Gasteiger partial charge in [-0.05, 0) is 74.7 Å². The Kier molecular flexibility index (Phi) is 7.65. The first-order valence-corrected chi connectivity index (χ1v) is 12.1. The molecular weight excluding hydrogens is 440 g/mol. The van der Waals surface area contributed by atoms with Crippen LogP contribution in [0.25, 0.3) is 0 Å². The third kappa shape index (κ3) is 7.01. The number of carbonyl (C=O) groups excluding carboxylic acids is 1. The van der Waals surface area contributed by atoms with Gasteiger partial charge >= 0.3 is 0 Å². The number of nitrogens with zero attached hydrogens (tertiary/aromatic N) is 2. The van der Waals surface area contributed by atoms with E-state index in [4.69, 9.17) is 4.74 Å². The Balaban J connectivity index is 1.66. The van der Waals surface area contributed by atoms with Gasteiger partial charge in [0.25, 0.3) is 15.9 Å². The molecule has 174 valence electrons. The van der Waals surface area contributed by atoms with Crippen molar-refractivity contribution < 1.29 is 17.9 Å². The third-order valence-corrected chi connectivity index (χ3v) is 6.03. The molecule has 3 aromatic rings. The van der Waals surface area contributed by atoms with Crippen molar-refractivity contribution in [1.29, 1.82) is 0 Å². The molecular formula is C24H28N4O4S. The zero-order valence-electron chi connectivity index (χ0n) is 19.1. The van der Waals surface area contributed by atoms with Crippen LogP contribution >= 0.6 is 0 Å². The number of hydrogen-bond acceptors (Lipinski definition) is 6. The predicted octanol–water partition coefficient (Wildman–Crippen LogP) is 4.57. The molecule has 1 aromatic heterocycles. The minimum absolute atomic E-state index is 0.0142. The summed E-state index contributed by atoms with van der Waals surface area (Å²) in [4.78, 5) is 20.9. The molecule has 0 aliphatic rings. The van der Waals surface area contributed by atoms with E-state index in [0.29, 0.717) is 40.9 Å². The van der Waals surface area contributed by atoms with Gasteiger partial charge in [-0.25, -0.2) is 23.1 Å². The summed E-state index contributed by atoms with van der Waals surface area (Å²) in [5.41, 5.74) is 2.23. The quantitative estimate of drug-likeness (QED) is 0.476. The second-order valence-electron chi connectivity index (χ2n) is 8.12. The first-order chi connectivity index (χ1) is 15.6. The van der Waals surface area contributed by atoms with Crippen LogP contribution in [0.3, 0.4) is 0 Å². The lowest BCUT2D eigenvalue weighted by Gasteiger charge is -2.11. The lowest BCUT2D eigenvalue weighted by atomic mass is 10.1. The van der Waals surface area contributed by atoms with E-state index in [0.717, 1.165) is 6.42 Å². The lowest BCUT2D eigenvalue weighted by molar-refractivity contribution is 0.102. The van der Waals surface area contributed by atoms with Crippen molar-refractivity contribution >= 4 is 27.6 Å². The maximum Gasteiger partial charge on any atom is 0.264 e. The highest BCUT2D eigenvalue weighted by Gasteiger charge is 2.16. The van der Waals surface area contributed by atoms with Crippen LogP contribution in [0.2, 0.25) is 0 Å². The summed E-state index contributed by atoms with van der Waals surface area (Å²) in [6.45, 7) is 8.35. The van der Waals surface area contributed by atoms with Gasteiger partial charge in [-0.2, -0.15) is 0 Å². The van der Waals surface area contributed by atoms with Crippen molar-refractivity contribution in [1.82, 2.24) is 9.97 Å². The number of aromatic nitrogens is 2. The van der Waals surface area contributed by atoms with Crippen molar-refractivity contribution in [2.24, 2.45) is 5.92 Å². The fraction of sp³-hybridized carbons (Fsp3) is 0.292. The van der Waals surface area contributed by atoms with Crippen molar-refractivity contribution in [3.8, 4) is 5.75 Å². The van der Waals surface area contributed by atoms with E-state index in [1.54, 1.807) is 38.1 Å². The first kappa shape index (κ1) is 24.2. The molecule has 8 nitrogen and oxygen atoms in total. The van der Waals surface area contributed by atoms with Crippen LogP contribution in [0, 0.1) is 19.8 Å². The van der Waals surface area contributed by atoms with Gasteiger partial charge in [-0.15, -0.1) is 0 Å². The van der Waals surface area contributed by atoms with Gasteiger partial charge in [-0.3, -0.25) is 4.79 Å². The molecule has 3 rings (SSSR count). The topological polar surface area (TPSA) is 110 Å². The molecule has 0 atom stereocenters. The second-order valence-corrected chi connectivity index (χ2v) is 9.80. The summed E-state index contributed by atoms with van der Waals surface area (Å²) in [6.07, 6.45) is 0.927. The first-order valence-electron chi connectivity index (χ1n) is 10.6. The molecule has 9 heteroatoms. The predicted molar refractivity (Wildman–Crippen MR) is 128 cm³/mol. The van der Waals surface area contributed by atoms with Crippen LogP contribution in [0.5, 0.6) is 5.75 Å². The smallest absolute Gasteiger partial charge is 0.264 e. The molecule has 33 heavy (non-hydrogen) atoms. The monoisotopic (exact) mass is 468 g/mol. The van der Waals surface area contributed by atoms with Gasteiger partial charge in [0.1, 0.15) is 5.75 Å². The van der Waals surface area contributed by atoms with Crippen LogP contribution in [-0.4, -0.2) is 30.9 Å². The number of nitrogens with one attached hydrogen (secondary N) is 2. The van der Waals surface area contributed by atoms with E-state index >= 15 is 0 Å². The highest BCUT2D eigenvalue weighted by Crippen LogP contribution is 2.19. The van der Waals surface area contributed by atoms with Gasteiger partial charge < -0.3 is 10.1 Å². The largest absolute Gasteiger partial charge is 0.494 e. The SMILES string of the molecule is Cc1cc(C)nc(NS(=O)(=O)c2ccc(NC(=O)c3cccc(OCCC(C)C)c3)cc2)n1. The maximum absolute atomic E-state index is 12.7. The molecule has 0 spiro atoms.